The highest BCUT2D eigenvalue weighted by Gasteiger charge is 2.07. The van der Waals surface area contributed by atoms with Gasteiger partial charge in [0.2, 0.25) is 5.91 Å². The van der Waals surface area contributed by atoms with E-state index in [1.807, 2.05) is 32.9 Å². The van der Waals surface area contributed by atoms with Crippen LogP contribution in [0.15, 0.2) is 12.1 Å². The molecule has 3 N–H and O–H groups in total. The fourth-order valence-electron chi connectivity index (χ4n) is 1.61. The average Bonchev–Trinajstić information content (AvgIpc) is 2.24. The van der Waals surface area contributed by atoms with Crippen LogP contribution in [-0.2, 0) is 4.79 Å². The van der Waals surface area contributed by atoms with E-state index in [0.29, 0.717) is 24.7 Å². The zero-order chi connectivity index (χ0) is 12.8. The summed E-state index contributed by atoms with van der Waals surface area (Å²) in [4.78, 5) is 15.9. The van der Waals surface area contributed by atoms with Gasteiger partial charge < -0.3 is 11.1 Å². The zero-order valence-corrected chi connectivity index (χ0v) is 10.8. The Hall–Kier alpha value is -1.42. The molecule has 0 aliphatic rings. The van der Waals surface area contributed by atoms with Gasteiger partial charge in [0.15, 0.2) is 0 Å². The molecule has 4 heteroatoms. The van der Waals surface area contributed by atoms with Crippen molar-refractivity contribution in [2.75, 3.05) is 11.9 Å². The largest absolute Gasteiger partial charge is 0.330 e. The molecular formula is C13H21N3O. The molecule has 1 unspecified atom stereocenters. The molecule has 17 heavy (non-hydrogen) atoms. The van der Waals surface area contributed by atoms with Gasteiger partial charge in [-0.1, -0.05) is 6.92 Å². The van der Waals surface area contributed by atoms with Crippen molar-refractivity contribution in [1.82, 2.24) is 4.98 Å². The predicted molar refractivity (Wildman–Crippen MR) is 69.8 cm³/mol. The molecule has 0 aromatic carbocycles. The third kappa shape index (κ3) is 4.95. The van der Waals surface area contributed by atoms with Crippen LogP contribution in [0.1, 0.15) is 31.0 Å². The number of nitrogens with one attached hydrogen (secondary N) is 1. The molecule has 0 saturated heterocycles. The lowest BCUT2D eigenvalue weighted by atomic mass is 10.1. The number of aromatic nitrogens is 1. The van der Waals surface area contributed by atoms with Crippen molar-refractivity contribution >= 4 is 11.7 Å². The van der Waals surface area contributed by atoms with Crippen LogP contribution in [0, 0.1) is 19.8 Å². The van der Waals surface area contributed by atoms with E-state index in [-0.39, 0.29) is 5.91 Å². The molecule has 1 heterocycles. The minimum atomic E-state index is 0.00259. The molecule has 94 valence electrons. The highest BCUT2D eigenvalue weighted by molar-refractivity contribution is 5.89. The Morgan fingerprint density at radius 2 is 2.18 bits per heavy atom. The topological polar surface area (TPSA) is 68.0 Å². The maximum atomic E-state index is 11.7. The lowest BCUT2D eigenvalue weighted by Crippen LogP contribution is -2.17. The molecule has 1 atom stereocenters. The quantitative estimate of drug-likeness (QED) is 0.820. The van der Waals surface area contributed by atoms with E-state index in [1.165, 1.54) is 0 Å². The van der Waals surface area contributed by atoms with E-state index < -0.39 is 0 Å². The molecule has 0 aliphatic carbocycles. The SMILES string of the molecule is Cc1cc(C)nc(NC(=O)CCC(C)CN)c1. The normalized spacial score (nSPS) is 12.2. The van der Waals surface area contributed by atoms with Gasteiger partial charge in [-0.05, 0) is 50.4 Å². The van der Waals surface area contributed by atoms with Crippen molar-refractivity contribution in [3.8, 4) is 0 Å². The van der Waals surface area contributed by atoms with Gasteiger partial charge in [0.1, 0.15) is 5.82 Å². The van der Waals surface area contributed by atoms with Gasteiger partial charge in [-0.3, -0.25) is 4.79 Å². The molecule has 1 aromatic heterocycles. The van der Waals surface area contributed by atoms with E-state index in [9.17, 15) is 4.79 Å². The summed E-state index contributed by atoms with van der Waals surface area (Å²) in [5, 5.41) is 2.81. The Kier molecular flexibility index (Phi) is 5.10. The summed E-state index contributed by atoms with van der Waals surface area (Å²) in [5.74, 6) is 1.02. The van der Waals surface area contributed by atoms with Crippen LogP contribution in [0.4, 0.5) is 5.82 Å². The summed E-state index contributed by atoms with van der Waals surface area (Å²) in [7, 11) is 0. The molecule has 4 nitrogen and oxygen atoms in total. The first kappa shape index (κ1) is 13.6. The third-order valence-corrected chi connectivity index (χ3v) is 2.63. The fourth-order valence-corrected chi connectivity index (χ4v) is 1.61. The Labute approximate surface area is 103 Å². The average molecular weight is 235 g/mol. The number of anilines is 1. The van der Waals surface area contributed by atoms with Crippen molar-refractivity contribution in [1.29, 1.82) is 0 Å². The van der Waals surface area contributed by atoms with Gasteiger partial charge in [0, 0.05) is 12.1 Å². The second-order valence-corrected chi connectivity index (χ2v) is 4.60. The van der Waals surface area contributed by atoms with Crippen molar-refractivity contribution in [2.45, 2.75) is 33.6 Å². The predicted octanol–water partition coefficient (Wildman–Crippen LogP) is 2.01. The molecule has 1 amide bonds. The minimum Gasteiger partial charge on any atom is -0.330 e. The molecule has 1 aromatic rings. The molecule has 0 fully saturated rings. The van der Waals surface area contributed by atoms with Gasteiger partial charge >= 0.3 is 0 Å². The van der Waals surface area contributed by atoms with Crippen molar-refractivity contribution in [3.63, 3.8) is 0 Å². The van der Waals surface area contributed by atoms with Gasteiger partial charge in [0.05, 0.1) is 0 Å². The Morgan fingerprint density at radius 3 is 2.76 bits per heavy atom. The van der Waals surface area contributed by atoms with Crippen LogP contribution in [0.3, 0.4) is 0 Å². The number of amides is 1. The minimum absolute atomic E-state index is 0.00259. The van der Waals surface area contributed by atoms with Crippen LogP contribution >= 0.6 is 0 Å². The summed E-state index contributed by atoms with van der Waals surface area (Å²) in [6, 6.07) is 3.85. The van der Waals surface area contributed by atoms with Gasteiger partial charge in [-0.15, -0.1) is 0 Å². The highest BCUT2D eigenvalue weighted by Crippen LogP contribution is 2.10. The van der Waals surface area contributed by atoms with Crippen LogP contribution in [0.2, 0.25) is 0 Å². The molecule has 0 radical (unpaired) electrons. The number of pyridine rings is 1. The molecule has 0 spiro atoms. The third-order valence-electron chi connectivity index (χ3n) is 2.63. The number of hydrogen-bond donors (Lipinski definition) is 2. The van der Waals surface area contributed by atoms with Crippen LogP contribution in [-0.4, -0.2) is 17.4 Å². The van der Waals surface area contributed by atoms with E-state index in [4.69, 9.17) is 5.73 Å². The molecule has 1 rings (SSSR count). The number of aryl methyl sites for hydroxylation is 2. The Bertz CT molecular complexity index is 370. The van der Waals surface area contributed by atoms with Crippen molar-refractivity contribution < 1.29 is 4.79 Å². The van der Waals surface area contributed by atoms with Crippen LogP contribution in [0.5, 0.6) is 0 Å². The second kappa shape index (κ2) is 6.35. The van der Waals surface area contributed by atoms with E-state index in [1.54, 1.807) is 0 Å². The number of carbonyl (C=O) groups excluding carboxylic acids is 1. The summed E-state index contributed by atoms with van der Waals surface area (Å²) in [6.45, 7) is 6.57. The summed E-state index contributed by atoms with van der Waals surface area (Å²) in [6.07, 6.45) is 1.31. The maximum Gasteiger partial charge on any atom is 0.225 e. The number of carbonyl (C=O) groups is 1. The first-order valence-electron chi connectivity index (χ1n) is 5.96. The van der Waals surface area contributed by atoms with E-state index >= 15 is 0 Å². The summed E-state index contributed by atoms with van der Waals surface area (Å²) in [5.41, 5.74) is 7.52. The lowest BCUT2D eigenvalue weighted by Gasteiger charge is -2.09. The Balaban J connectivity index is 2.50. The summed E-state index contributed by atoms with van der Waals surface area (Å²) < 4.78 is 0. The van der Waals surface area contributed by atoms with E-state index in [0.717, 1.165) is 17.7 Å². The maximum absolute atomic E-state index is 11.7. The van der Waals surface area contributed by atoms with Crippen molar-refractivity contribution in [2.24, 2.45) is 11.7 Å². The lowest BCUT2D eigenvalue weighted by molar-refractivity contribution is -0.116. The molecule has 0 bridgehead atoms. The van der Waals surface area contributed by atoms with Gasteiger partial charge in [-0.25, -0.2) is 4.98 Å². The highest BCUT2D eigenvalue weighted by atomic mass is 16.1. The number of nitrogens with zero attached hydrogens (tertiary/aromatic N) is 1. The fraction of sp³-hybridized carbons (Fsp3) is 0.538. The molecule has 0 saturated carbocycles. The van der Waals surface area contributed by atoms with Crippen LogP contribution in [0.25, 0.3) is 0 Å². The monoisotopic (exact) mass is 235 g/mol. The first-order valence-corrected chi connectivity index (χ1v) is 5.96. The Morgan fingerprint density at radius 1 is 1.47 bits per heavy atom. The zero-order valence-electron chi connectivity index (χ0n) is 10.8. The van der Waals surface area contributed by atoms with Gasteiger partial charge in [0.25, 0.3) is 0 Å². The van der Waals surface area contributed by atoms with Crippen molar-refractivity contribution in [3.05, 3.63) is 23.4 Å². The number of rotatable bonds is 5. The number of nitrogens with two attached hydrogens (primary N) is 1. The first-order chi connectivity index (χ1) is 8.01. The van der Waals surface area contributed by atoms with E-state index in [2.05, 4.69) is 10.3 Å². The number of hydrogen-bond acceptors (Lipinski definition) is 3. The summed E-state index contributed by atoms with van der Waals surface area (Å²) >= 11 is 0. The smallest absolute Gasteiger partial charge is 0.225 e. The molecule has 0 aliphatic heterocycles. The standard InChI is InChI=1S/C13H21N3O/c1-9(8-14)4-5-13(17)16-12-7-10(2)6-11(3)15-12/h6-7,9H,4-5,8,14H2,1-3H3,(H,15,16,17). The molecular weight excluding hydrogens is 214 g/mol. The second-order valence-electron chi connectivity index (χ2n) is 4.60. The van der Waals surface area contributed by atoms with Gasteiger partial charge in [-0.2, -0.15) is 0 Å². The van der Waals surface area contributed by atoms with Crippen LogP contribution < -0.4 is 11.1 Å².